The van der Waals surface area contributed by atoms with Crippen molar-refractivity contribution in [1.82, 2.24) is 5.16 Å². The summed E-state index contributed by atoms with van der Waals surface area (Å²) in [5.74, 6) is 0.961. The number of hydrogen-bond donors (Lipinski definition) is 3. The zero-order valence-corrected chi connectivity index (χ0v) is 17.1. The molecule has 0 aliphatic heterocycles. The highest BCUT2D eigenvalue weighted by atomic mass is 32.2. The van der Waals surface area contributed by atoms with Crippen LogP contribution in [0, 0.1) is 0 Å². The van der Waals surface area contributed by atoms with Crippen molar-refractivity contribution >= 4 is 33.2 Å². The third-order valence-corrected chi connectivity index (χ3v) is 5.34. The van der Waals surface area contributed by atoms with Gasteiger partial charge < -0.3 is 9.84 Å². The number of nitrogens with one attached hydrogen (secondary N) is 3. The molecule has 1 heterocycles. The summed E-state index contributed by atoms with van der Waals surface area (Å²) >= 11 is 0. The molecule has 0 fully saturated rings. The maximum absolute atomic E-state index is 12.3. The van der Waals surface area contributed by atoms with Crippen LogP contribution in [0.15, 0.2) is 70.1 Å². The fourth-order valence-corrected chi connectivity index (χ4v) is 3.48. The smallest absolute Gasteiger partial charge is 0.324 e. The van der Waals surface area contributed by atoms with Crippen molar-refractivity contribution in [2.75, 3.05) is 15.4 Å². The van der Waals surface area contributed by atoms with E-state index in [2.05, 4.69) is 20.5 Å². The van der Waals surface area contributed by atoms with Crippen LogP contribution in [-0.4, -0.2) is 19.6 Å². The van der Waals surface area contributed by atoms with E-state index in [0.29, 0.717) is 23.0 Å². The number of carbonyl (C=O) groups is 1. The Labute approximate surface area is 169 Å². The molecule has 0 aliphatic rings. The zero-order valence-electron chi connectivity index (χ0n) is 16.3. The molecule has 0 bridgehead atoms. The van der Waals surface area contributed by atoms with Crippen molar-refractivity contribution < 1.29 is 17.7 Å². The van der Waals surface area contributed by atoms with Crippen LogP contribution in [0.25, 0.3) is 0 Å². The summed E-state index contributed by atoms with van der Waals surface area (Å²) < 4.78 is 32.4. The summed E-state index contributed by atoms with van der Waals surface area (Å²) in [5.41, 5.74) is 0.655. The Hall–Kier alpha value is -3.33. The fourth-order valence-electron chi connectivity index (χ4n) is 2.40. The SMILES string of the molecule is CC(C)(C)c1cc(NC(=O)Nc2ccc(NS(=O)(=O)c3ccccc3)cc2)no1. The van der Waals surface area contributed by atoms with E-state index in [1.165, 1.54) is 12.1 Å². The van der Waals surface area contributed by atoms with Crippen molar-refractivity contribution in [2.24, 2.45) is 0 Å². The molecule has 0 saturated heterocycles. The Kier molecular flexibility index (Phi) is 5.60. The fraction of sp³-hybridized carbons (Fsp3) is 0.200. The molecule has 3 N–H and O–H groups in total. The molecule has 29 heavy (non-hydrogen) atoms. The van der Waals surface area contributed by atoms with Crippen LogP contribution in [0.2, 0.25) is 0 Å². The van der Waals surface area contributed by atoms with E-state index in [1.807, 2.05) is 20.8 Å². The number of carbonyl (C=O) groups excluding carboxylic acids is 1. The minimum Gasteiger partial charge on any atom is -0.359 e. The molecule has 1 aromatic heterocycles. The van der Waals surface area contributed by atoms with Crippen LogP contribution < -0.4 is 15.4 Å². The summed E-state index contributed by atoms with van der Waals surface area (Å²) in [6.45, 7) is 5.93. The summed E-state index contributed by atoms with van der Waals surface area (Å²) in [5, 5.41) is 9.07. The number of anilines is 3. The lowest BCUT2D eigenvalue weighted by atomic mass is 9.93. The van der Waals surface area contributed by atoms with Crippen molar-refractivity contribution in [3.05, 3.63) is 66.4 Å². The Morgan fingerprint density at radius 2 is 1.55 bits per heavy atom. The highest BCUT2D eigenvalue weighted by Crippen LogP contribution is 2.24. The molecule has 3 rings (SSSR count). The van der Waals surface area contributed by atoms with Gasteiger partial charge in [-0.05, 0) is 36.4 Å². The third kappa shape index (κ3) is 5.35. The topological polar surface area (TPSA) is 113 Å². The van der Waals surface area contributed by atoms with E-state index in [0.717, 1.165) is 0 Å². The van der Waals surface area contributed by atoms with Crippen LogP contribution in [0.3, 0.4) is 0 Å². The molecule has 0 aliphatic carbocycles. The van der Waals surface area contributed by atoms with Gasteiger partial charge in [0, 0.05) is 22.9 Å². The second-order valence-corrected chi connectivity index (χ2v) is 9.08. The minimum absolute atomic E-state index is 0.170. The third-order valence-electron chi connectivity index (χ3n) is 3.94. The molecule has 152 valence electrons. The average Bonchev–Trinajstić information content (AvgIpc) is 3.13. The lowest BCUT2D eigenvalue weighted by molar-refractivity contribution is 0.262. The Morgan fingerprint density at radius 1 is 0.931 bits per heavy atom. The highest BCUT2D eigenvalue weighted by Gasteiger charge is 2.20. The van der Waals surface area contributed by atoms with Gasteiger partial charge in [-0.2, -0.15) is 0 Å². The van der Waals surface area contributed by atoms with Gasteiger partial charge in [-0.1, -0.05) is 44.1 Å². The van der Waals surface area contributed by atoms with E-state index in [1.54, 1.807) is 48.5 Å². The first kappa shape index (κ1) is 20.4. The largest absolute Gasteiger partial charge is 0.359 e. The lowest BCUT2D eigenvalue weighted by Crippen LogP contribution is -2.19. The number of hydrogen-bond acceptors (Lipinski definition) is 5. The Balaban J connectivity index is 1.60. The van der Waals surface area contributed by atoms with Gasteiger partial charge in [0.1, 0.15) is 5.76 Å². The maximum Gasteiger partial charge on any atom is 0.324 e. The highest BCUT2D eigenvalue weighted by molar-refractivity contribution is 7.92. The number of benzene rings is 2. The van der Waals surface area contributed by atoms with Gasteiger partial charge in [-0.25, -0.2) is 13.2 Å². The van der Waals surface area contributed by atoms with Crippen LogP contribution >= 0.6 is 0 Å². The van der Waals surface area contributed by atoms with E-state index in [4.69, 9.17) is 4.52 Å². The predicted octanol–water partition coefficient (Wildman–Crippen LogP) is 4.42. The second kappa shape index (κ2) is 7.96. The molecule has 3 aromatic rings. The summed E-state index contributed by atoms with van der Waals surface area (Å²) in [4.78, 5) is 12.3. The van der Waals surface area contributed by atoms with Crippen LogP contribution in [0.5, 0.6) is 0 Å². The number of urea groups is 1. The van der Waals surface area contributed by atoms with E-state index >= 15 is 0 Å². The standard InChI is InChI=1S/C20H22N4O4S/c1-20(2,3)17-13-18(23-28-17)22-19(25)21-14-9-11-15(12-10-14)24-29(26,27)16-7-5-4-6-8-16/h4-13,24H,1-3H3,(H2,21,22,23,25). The summed E-state index contributed by atoms with van der Waals surface area (Å²) in [7, 11) is -3.67. The molecule has 2 amide bonds. The number of aromatic nitrogens is 1. The average molecular weight is 414 g/mol. The first-order chi connectivity index (χ1) is 13.6. The molecule has 0 radical (unpaired) electrons. The van der Waals surface area contributed by atoms with Gasteiger partial charge in [-0.15, -0.1) is 0 Å². The molecule has 0 unspecified atom stereocenters. The van der Waals surface area contributed by atoms with Gasteiger partial charge in [0.05, 0.1) is 4.90 Å². The van der Waals surface area contributed by atoms with Gasteiger partial charge >= 0.3 is 6.03 Å². The molecule has 2 aromatic carbocycles. The molecule has 0 spiro atoms. The van der Waals surface area contributed by atoms with Crippen molar-refractivity contribution in [1.29, 1.82) is 0 Å². The lowest BCUT2D eigenvalue weighted by Gasteiger charge is -2.12. The Bertz CT molecular complexity index is 1090. The number of sulfonamides is 1. The second-order valence-electron chi connectivity index (χ2n) is 7.40. The van der Waals surface area contributed by atoms with Crippen molar-refractivity contribution in [3.8, 4) is 0 Å². The first-order valence-electron chi connectivity index (χ1n) is 8.87. The first-order valence-corrected chi connectivity index (χ1v) is 10.3. The summed E-state index contributed by atoms with van der Waals surface area (Å²) in [6, 6.07) is 15.5. The summed E-state index contributed by atoms with van der Waals surface area (Å²) in [6.07, 6.45) is 0. The van der Waals surface area contributed by atoms with Gasteiger partial charge in [0.25, 0.3) is 10.0 Å². The van der Waals surface area contributed by atoms with Gasteiger partial charge in [-0.3, -0.25) is 10.0 Å². The Morgan fingerprint density at radius 3 is 2.14 bits per heavy atom. The molecular formula is C20H22N4O4S. The molecule has 0 saturated carbocycles. The monoisotopic (exact) mass is 414 g/mol. The number of nitrogens with zero attached hydrogens (tertiary/aromatic N) is 1. The maximum atomic E-state index is 12.3. The minimum atomic E-state index is -3.67. The van der Waals surface area contributed by atoms with Crippen LogP contribution in [-0.2, 0) is 15.4 Å². The van der Waals surface area contributed by atoms with Crippen LogP contribution in [0.1, 0.15) is 26.5 Å². The van der Waals surface area contributed by atoms with Crippen molar-refractivity contribution in [3.63, 3.8) is 0 Å². The normalized spacial score (nSPS) is 11.7. The number of rotatable bonds is 5. The van der Waals surface area contributed by atoms with E-state index in [-0.39, 0.29) is 10.3 Å². The van der Waals surface area contributed by atoms with Gasteiger partial charge in [0.2, 0.25) is 0 Å². The van der Waals surface area contributed by atoms with Crippen molar-refractivity contribution in [2.45, 2.75) is 31.1 Å². The van der Waals surface area contributed by atoms with Crippen LogP contribution in [0.4, 0.5) is 22.0 Å². The number of amides is 2. The molecule has 8 nitrogen and oxygen atoms in total. The molecule has 9 heteroatoms. The van der Waals surface area contributed by atoms with Gasteiger partial charge in [0.15, 0.2) is 5.82 Å². The van der Waals surface area contributed by atoms with E-state index in [9.17, 15) is 13.2 Å². The predicted molar refractivity (Wildman–Crippen MR) is 112 cm³/mol. The zero-order chi connectivity index (χ0) is 21.1. The quantitative estimate of drug-likeness (QED) is 0.572. The molecule has 0 atom stereocenters. The molecular weight excluding hydrogens is 392 g/mol. The van der Waals surface area contributed by atoms with E-state index < -0.39 is 16.1 Å².